The van der Waals surface area contributed by atoms with Gasteiger partial charge < -0.3 is 19.3 Å². The Bertz CT molecular complexity index is 750. The van der Waals surface area contributed by atoms with E-state index in [0.29, 0.717) is 17.5 Å². The fourth-order valence-corrected chi connectivity index (χ4v) is 2.90. The second-order valence-corrected chi connectivity index (χ2v) is 6.30. The largest absolute Gasteiger partial charge is 0.497 e. The average molecular weight is 329 g/mol. The van der Waals surface area contributed by atoms with E-state index in [2.05, 4.69) is 35.4 Å². The fourth-order valence-electron chi connectivity index (χ4n) is 2.90. The molecule has 6 nitrogen and oxygen atoms in total. The first kappa shape index (κ1) is 16.5. The molecule has 0 bridgehead atoms. The van der Waals surface area contributed by atoms with Crippen LogP contribution in [-0.2, 0) is 5.41 Å². The fraction of sp³-hybridized carbons (Fsp3) is 0.444. The predicted molar refractivity (Wildman–Crippen MR) is 91.4 cm³/mol. The lowest BCUT2D eigenvalue weighted by molar-refractivity contribution is 0.324. The molecule has 1 aromatic carbocycles. The summed E-state index contributed by atoms with van der Waals surface area (Å²) in [7, 11) is 3.25. The van der Waals surface area contributed by atoms with Gasteiger partial charge in [-0.25, -0.2) is 0 Å². The molecule has 0 fully saturated rings. The Kier molecular flexibility index (Phi) is 4.57. The Balaban J connectivity index is 1.97. The Morgan fingerprint density at radius 1 is 1.21 bits per heavy atom. The zero-order valence-corrected chi connectivity index (χ0v) is 14.5. The van der Waals surface area contributed by atoms with E-state index in [-0.39, 0.29) is 5.41 Å². The second kappa shape index (κ2) is 6.65. The third kappa shape index (κ3) is 3.01. The Hall–Kier alpha value is -2.34. The molecule has 2 aromatic rings. The molecule has 0 atom stereocenters. The van der Waals surface area contributed by atoms with Crippen LogP contribution in [0.25, 0.3) is 11.4 Å². The molecule has 1 aromatic heterocycles. The number of nitrogens with one attached hydrogen (secondary N) is 1. The zero-order valence-electron chi connectivity index (χ0n) is 14.5. The third-order valence-corrected chi connectivity index (χ3v) is 4.47. The van der Waals surface area contributed by atoms with Gasteiger partial charge in [-0.1, -0.05) is 16.8 Å². The maximum absolute atomic E-state index is 5.59. The minimum atomic E-state index is -0.292. The lowest BCUT2D eigenvalue weighted by Gasteiger charge is -2.27. The normalized spacial score (nSPS) is 15.1. The lowest BCUT2D eigenvalue weighted by atomic mass is 9.81. The van der Waals surface area contributed by atoms with Gasteiger partial charge in [0.05, 0.1) is 25.2 Å². The van der Waals surface area contributed by atoms with Gasteiger partial charge in [0, 0.05) is 6.54 Å². The van der Waals surface area contributed by atoms with Crippen LogP contribution in [0.4, 0.5) is 0 Å². The highest BCUT2D eigenvalue weighted by atomic mass is 16.5. The zero-order chi connectivity index (χ0) is 17.2. The first-order chi connectivity index (χ1) is 11.6. The summed E-state index contributed by atoms with van der Waals surface area (Å²) in [4.78, 5) is 4.64. The smallest absolute Gasteiger partial charge is 0.236 e. The van der Waals surface area contributed by atoms with Crippen LogP contribution < -0.4 is 14.8 Å². The van der Waals surface area contributed by atoms with Crippen molar-refractivity contribution in [1.82, 2.24) is 15.5 Å². The average Bonchev–Trinajstić information content (AvgIpc) is 3.12. The van der Waals surface area contributed by atoms with Gasteiger partial charge in [-0.3, -0.25) is 0 Å². The molecule has 0 amide bonds. The lowest BCUT2D eigenvalue weighted by Crippen LogP contribution is -2.29. The minimum absolute atomic E-state index is 0.292. The van der Waals surface area contributed by atoms with Crippen molar-refractivity contribution in [3.63, 3.8) is 0 Å². The number of hydrogen-bond donors (Lipinski definition) is 1. The molecular weight excluding hydrogens is 306 g/mol. The summed E-state index contributed by atoms with van der Waals surface area (Å²) in [6, 6.07) is 5.53. The van der Waals surface area contributed by atoms with E-state index in [1.165, 1.54) is 5.57 Å². The second-order valence-electron chi connectivity index (χ2n) is 6.30. The van der Waals surface area contributed by atoms with Crippen molar-refractivity contribution in [2.24, 2.45) is 0 Å². The summed E-state index contributed by atoms with van der Waals surface area (Å²) in [6.07, 6.45) is 3.19. The number of nitrogens with zero attached hydrogens (tertiary/aromatic N) is 2. The van der Waals surface area contributed by atoms with Crippen molar-refractivity contribution in [1.29, 1.82) is 0 Å². The molecule has 128 valence electrons. The molecule has 0 saturated heterocycles. The molecule has 0 radical (unpaired) electrons. The monoisotopic (exact) mass is 329 g/mol. The number of benzene rings is 1. The van der Waals surface area contributed by atoms with E-state index < -0.39 is 0 Å². The van der Waals surface area contributed by atoms with Gasteiger partial charge in [0.1, 0.15) is 11.5 Å². The first-order valence-electron chi connectivity index (χ1n) is 8.03. The van der Waals surface area contributed by atoms with Crippen LogP contribution in [0.2, 0.25) is 0 Å². The van der Waals surface area contributed by atoms with Crippen LogP contribution >= 0.6 is 0 Å². The van der Waals surface area contributed by atoms with Gasteiger partial charge in [0.15, 0.2) is 0 Å². The van der Waals surface area contributed by atoms with Gasteiger partial charge in [0.25, 0.3) is 0 Å². The summed E-state index contributed by atoms with van der Waals surface area (Å²) in [5.41, 5.74) is 1.77. The number of hydrogen-bond acceptors (Lipinski definition) is 6. The molecule has 2 heterocycles. The summed E-state index contributed by atoms with van der Waals surface area (Å²) < 4.78 is 16.3. The quantitative estimate of drug-likeness (QED) is 0.851. The van der Waals surface area contributed by atoms with Crippen molar-refractivity contribution in [2.75, 3.05) is 27.3 Å². The van der Waals surface area contributed by atoms with E-state index in [0.717, 1.165) is 30.8 Å². The van der Waals surface area contributed by atoms with Crippen LogP contribution in [-0.4, -0.2) is 37.4 Å². The van der Waals surface area contributed by atoms with E-state index in [9.17, 15) is 0 Å². The molecule has 3 rings (SSSR count). The topological polar surface area (TPSA) is 69.4 Å². The van der Waals surface area contributed by atoms with Crippen LogP contribution in [0.15, 0.2) is 34.4 Å². The molecule has 0 saturated carbocycles. The molecular formula is C18H23N3O3. The van der Waals surface area contributed by atoms with Crippen molar-refractivity contribution in [3.05, 3.63) is 35.7 Å². The molecule has 24 heavy (non-hydrogen) atoms. The van der Waals surface area contributed by atoms with Crippen LogP contribution in [0.3, 0.4) is 0 Å². The van der Waals surface area contributed by atoms with Crippen molar-refractivity contribution >= 4 is 0 Å². The number of rotatable bonds is 5. The standard InChI is InChI=1S/C18H23N3O3/c1-18(2,12-7-9-19-10-8-12)17-20-16(21-24-17)14-11-13(22-3)5-6-15(14)23-4/h5-7,11,19H,8-10H2,1-4H3. The van der Waals surface area contributed by atoms with Gasteiger partial charge in [-0.15, -0.1) is 0 Å². The van der Waals surface area contributed by atoms with Gasteiger partial charge in [-0.2, -0.15) is 4.98 Å². The van der Waals surface area contributed by atoms with E-state index in [1.54, 1.807) is 14.2 Å². The molecule has 1 N–H and O–H groups in total. The minimum Gasteiger partial charge on any atom is -0.497 e. The van der Waals surface area contributed by atoms with Crippen molar-refractivity contribution in [2.45, 2.75) is 25.7 Å². The van der Waals surface area contributed by atoms with Crippen LogP contribution in [0, 0.1) is 0 Å². The van der Waals surface area contributed by atoms with Gasteiger partial charge in [-0.05, 0) is 45.0 Å². The summed E-state index contributed by atoms with van der Waals surface area (Å²) in [5.74, 6) is 2.51. The summed E-state index contributed by atoms with van der Waals surface area (Å²) in [6.45, 7) is 6.08. The highest BCUT2D eigenvalue weighted by Crippen LogP contribution is 2.36. The number of aromatic nitrogens is 2. The van der Waals surface area contributed by atoms with Crippen molar-refractivity contribution < 1.29 is 14.0 Å². The van der Waals surface area contributed by atoms with Crippen LogP contribution in [0.5, 0.6) is 11.5 Å². The number of methoxy groups -OCH3 is 2. The van der Waals surface area contributed by atoms with Crippen LogP contribution in [0.1, 0.15) is 26.2 Å². The number of ether oxygens (including phenoxy) is 2. The predicted octanol–water partition coefficient (Wildman–Crippen LogP) is 2.95. The van der Waals surface area contributed by atoms with Crippen molar-refractivity contribution in [3.8, 4) is 22.9 Å². The molecule has 1 aliphatic heterocycles. The molecule has 1 aliphatic rings. The maximum Gasteiger partial charge on any atom is 0.236 e. The van der Waals surface area contributed by atoms with Gasteiger partial charge >= 0.3 is 0 Å². The highest BCUT2D eigenvalue weighted by Gasteiger charge is 2.32. The Morgan fingerprint density at radius 3 is 2.71 bits per heavy atom. The Labute approximate surface area is 141 Å². The summed E-state index contributed by atoms with van der Waals surface area (Å²) >= 11 is 0. The van der Waals surface area contributed by atoms with E-state index >= 15 is 0 Å². The highest BCUT2D eigenvalue weighted by molar-refractivity contribution is 5.66. The molecule has 0 spiro atoms. The Morgan fingerprint density at radius 2 is 2.04 bits per heavy atom. The third-order valence-electron chi connectivity index (χ3n) is 4.47. The first-order valence-corrected chi connectivity index (χ1v) is 8.03. The van der Waals surface area contributed by atoms with Gasteiger partial charge in [0.2, 0.25) is 11.7 Å². The molecule has 6 heteroatoms. The SMILES string of the molecule is COc1ccc(OC)c(-c2noc(C(C)(C)C3=CCNCC3)n2)c1. The molecule has 0 aliphatic carbocycles. The van der Waals surface area contributed by atoms with E-state index in [1.807, 2.05) is 18.2 Å². The maximum atomic E-state index is 5.59. The summed E-state index contributed by atoms with van der Waals surface area (Å²) in [5, 5.41) is 7.49. The molecule has 0 unspecified atom stereocenters. The van der Waals surface area contributed by atoms with E-state index in [4.69, 9.17) is 14.0 Å².